The van der Waals surface area contributed by atoms with Crippen LogP contribution in [0, 0.1) is 13.8 Å². The minimum absolute atomic E-state index is 0.0986. The van der Waals surface area contributed by atoms with E-state index < -0.39 is 0 Å². The van der Waals surface area contributed by atoms with Crippen molar-refractivity contribution in [2.24, 2.45) is 0 Å². The molecule has 0 aliphatic heterocycles. The SMILES string of the molecule is Cc1cc2nc3c4ccc5c6c(ccc(c(=O)n3c2s1)c46)c(=O)n1c5nc2cc(C)sc21. The zero-order chi connectivity index (χ0) is 21.5. The van der Waals surface area contributed by atoms with Crippen LogP contribution in [0.3, 0.4) is 0 Å². The lowest BCUT2D eigenvalue weighted by Crippen LogP contribution is -2.16. The molecule has 6 aromatic heterocycles. The minimum atomic E-state index is -0.0986. The Labute approximate surface area is 186 Å². The zero-order valence-electron chi connectivity index (χ0n) is 16.9. The highest BCUT2D eigenvalue weighted by molar-refractivity contribution is 7.19. The average molecular weight is 453 g/mol. The van der Waals surface area contributed by atoms with Crippen molar-refractivity contribution in [3.05, 3.63) is 66.9 Å². The molecule has 6 heterocycles. The number of fused-ring (bicyclic) bond motifs is 8. The van der Waals surface area contributed by atoms with E-state index in [1.54, 1.807) is 43.6 Å². The Morgan fingerprint density at radius 2 is 1.06 bits per heavy atom. The van der Waals surface area contributed by atoms with Gasteiger partial charge in [-0.05, 0) is 50.2 Å². The number of hydrogen-bond donors (Lipinski definition) is 0. The van der Waals surface area contributed by atoms with Gasteiger partial charge in [0.15, 0.2) is 0 Å². The van der Waals surface area contributed by atoms with Gasteiger partial charge in [-0.3, -0.25) is 9.59 Å². The molecule has 0 aliphatic carbocycles. The fourth-order valence-electron chi connectivity index (χ4n) is 5.18. The van der Waals surface area contributed by atoms with Gasteiger partial charge in [-0.2, -0.15) is 0 Å². The first-order valence-corrected chi connectivity index (χ1v) is 11.8. The van der Waals surface area contributed by atoms with Gasteiger partial charge < -0.3 is 0 Å². The largest absolute Gasteiger partial charge is 0.268 e. The lowest BCUT2D eigenvalue weighted by Gasteiger charge is -2.11. The maximum atomic E-state index is 13.6. The molecule has 0 atom stereocenters. The van der Waals surface area contributed by atoms with Crippen molar-refractivity contribution in [2.45, 2.75) is 13.8 Å². The number of benzene rings is 2. The summed E-state index contributed by atoms with van der Waals surface area (Å²) in [4.78, 5) is 40.8. The van der Waals surface area contributed by atoms with E-state index >= 15 is 0 Å². The molecule has 0 N–H and O–H groups in total. The molecule has 152 valence electrons. The highest BCUT2D eigenvalue weighted by Crippen LogP contribution is 2.38. The van der Waals surface area contributed by atoms with E-state index in [0.29, 0.717) is 22.1 Å². The third-order valence-electron chi connectivity index (χ3n) is 6.43. The number of aromatic nitrogens is 4. The van der Waals surface area contributed by atoms with E-state index in [9.17, 15) is 9.59 Å². The molecule has 0 spiro atoms. The summed E-state index contributed by atoms with van der Waals surface area (Å²) in [5.41, 5.74) is 2.75. The second-order valence-electron chi connectivity index (χ2n) is 8.32. The summed E-state index contributed by atoms with van der Waals surface area (Å²) in [5, 5.41) is 4.56. The molecule has 8 aromatic rings. The third kappa shape index (κ3) is 1.76. The molecule has 0 aliphatic rings. The van der Waals surface area contributed by atoms with Gasteiger partial charge in [0.25, 0.3) is 11.1 Å². The number of hydrogen-bond acceptors (Lipinski definition) is 6. The quantitative estimate of drug-likeness (QED) is 0.301. The van der Waals surface area contributed by atoms with Gasteiger partial charge in [0, 0.05) is 42.1 Å². The standard InChI is InChI=1S/C24H12N4O2S2/c1-9-7-15-23(31-9)27-19(25-15)11-3-4-12-18-14(6-5-13(17(11)18)21(27)29)22(30)28-20(12)26-16-8-10(2)32-24(16)28/h3-8H,1-2H3. The normalized spacial score (nSPS) is 12.9. The molecule has 6 nitrogen and oxygen atoms in total. The van der Waals surface area contributed by atoms with E-state index in [1.165, 1.54) is 0 Å². The number of aryl methyl sites for hydroxylation is 2. The van der Waals surface area contributed by atoms with E-state index in [-0.39, 0.29) is 11.1 Å². The van der Waals surface area contributed by atoms with Crippen LogP contribution in [0.5, 0.6) is 0 Å². The summed E-state index contributed by atoms with van der Waals surface area (Å²) >= 11 is 3.14. The molecule has 0 radical (unpaired) electrons. The number of pyridine rings is 2. The van der Waals surface area contributed by atoms with Gasteiger partial charge in [0.2, 0.25) is 0 Å². The molecule has 0 amide bonds. The lowest BCUT2D eigenvalue weighted by molar-refractivity contribution is 1.19. The molecule has 32 heavy (non-hydrogen) atoms. The van der Waals surface area contributed by atoms with Gasteiger partial charge in [0.05, 0.1) is 0 Å². The van der Waals surface area contributed by atoms with Crippen molar-refractivity contribution in [1.82, 2.24) is 18.8 Å². The van der Waals surface area contributed by atoms with Gasteiger partial charge in [-0.25, -0.2) is 18.8 Å². The molecular weight excluding hydrogens is 440 g/mol. The number of nitrogens with zero attached hydrogens (tertiary/aromatic N) is 4. The molecule has 0 bridgehead atoms. The van der Waals surface area contributed by atoms with E-state index in [2.05, 4.69) is 0 Å². The Balaban J connectivity index is 1.71. The fourth-order valence-corrected chi connectivity index (χ4v) is 7.07. The second-order valence-corrected chi connectivity index (χ2v) is 10.8. The first-order valence-electron chi connectivity index (χ1n) is 10.2. The van der Waals surface area contributed by atoms with Crippen LogP contribution in [-0.4, -0.2) is 18.8 Å². The van der Waals surface area contributed by atoms with Crippen LogP contribution < -0.4 is 11.1 Å². The van der Waals surface area contributed by atoms with E-state index in [0.717, 1.165) is 52.0 Å². The van der Waals surface area contributed by atoms with Crippen LogP contribution in [-0.2, 0) is 0 Å². The molecular formula is C24H12N4O2S2. The summed E-state index contributed by atoms with van der Waals surface area (Å²) < 4.78 is 3.44. The van der Waals surface area contributed by atoms with Gasteiger partial charge in [-0.1, -0.05) is 0 Å². The lowest BCUT2D eigenvalue weighted by atomic mass is 9.96. The maximum Gasteiger partial charge on any atom is 0.265 e. The van der Waals surface area contributed by atoms with Gasteiger partial charge in [0.1, 0.15) is 32.0 Å². The predicted molar refractivity (Wildman–Crippen MR) is 132 cm³/mol. The van der Waals surface area contributed by atoms with Gasteiger partial charge in [-0.15, -0.1) is 22.7 Å². The minimum Gasteiger partial charge on any atom is -0.268 e. The smallest absolute Gasteiger partial charge is 0.265 e. The molecule has 0 saturated carbocycles. The predicted octanol–water partition coefficient (Wildman–Crippen LogP) is 5.08. The Hall–Kier alpha value is -3.62. The summed E-state index contributed by atoms with van der Waals surface area (Å²) in [6.45, 7) is 4.04. The van der Waals surface area contributed by atoms with Crippen LogP contribution in [0.25, 0.3) is 64.3 Å². The Bertz CT molecular complexity index is 2060. The highest BCUT2D eigenvalue weighted by Gasteiger charge is 2.23. The topological polar surface area (TPSA) is 68.7 Å². The monoisotopic (exact) mass is 452 g/mol. The van der Waals surface area contributed by atoms with Crippen molar-refractivity contribution in [1.29, 1.82) is 0 Å². The molecule has 2 aromatic carbocycles. The summed E-state index contributed by atoms with van der Waals surface area (Å²) in [6.07, 6.45) is 0. The van der Waals surface area contributed by atoms with E-state index in [4.69, 9.17) is 9.97 Å². The fraction of sp³-hybridized carbons (Fsp3) is 0.0833. The van der Waals surface area contributed by atoms with Crippen LogP contribution in [0.15, 0.2) is 46.0 Å². The molecule has 0 saturated heterocycles. The summed E-state index contributed by atoms with van der Waals surface area (Å²) in [5.74, 6) is 0. The zero-order valence-corrected chi connectivity index (χ0v) is 18.5. The van der Waals surface area contributed by atoms with Crippen molar-refractivity contribution in [3.8, 4) is 0 Å². The average Bonchev–Trinajstić information content (AvgIpc) is 3.48. The summed E-state index contributed by atoms with van der Waals surface area (Å²) in [6, 6.07) is 11.6. The van der Waals surface area contributed by atoms with Crippen molar-refractivity contribution >= 4 is 87.0 Å². The van der Waals surface area contributed by atoms with Gasteiger partial charge >= 0.3 is 0 Å². The molecule has 8 rings (SSSR count). The highest BCUT2D eigenvalue weighted by atomic mass is 32.1. The number of imidazole rings is 2. The molecule has 0 unspecified atom stereocenters. The van der Waals surface area contributed by atoms with Crippen LogP contribution in [0.4, 0.5) is 0 Å². The number of rotatable bonds is 0. The first kappa shape index (κ1) is 17.0. The van der Waals surface area contributed by atoms with Crippen LogP contribution >= 0.6 is 22.7 Å². The van der Waals surface area contributed by atoms with Crippen LogP contribution in [0.2, 0.25) is 0 Å². The number of thiophene rings is 2. The molecule has 8 heteroatoms. The third-order valence-corrected chi connectivity index (χ3v) is 8.48. The Morgan fingerprint density at radius 1 is 0.656 bits per heavy atom. The van der Waals surface area contributed by atoms with Crippen molar-refractivity contribution in [2.75, 3.05) is 0 Å². The summed E-state index contributed by atoms with van der Waals surface area (Å²) in [7, 11) is 0. The second kappa shape index (κ2) is 5.23. The Morgan fingerprint density at radius 3 is 1.50 bits per heavy atom. The maximum absolute atomic E-state index is 13.6. The molecule has 0 fully saturated rings. The van der Waals surface area contributed by atoms with Crippen LogP contribution in [0.1, 0.15) is 9.75 Å². The van der Waals surface area contributed by atoms with E-state index in [1.807, 2.05) is 38.1 Å². The van der Waals surface area contributed by atoms with Crippen molar-refractivity contribution < 1.29 is 0 Å². The first-order chi connectivity index (χ1) is 15.5. The Kier molecular flexibility index (Phi) is 2.78. The van der Waals surface area contributed by atoms with Crippen molar-refractivity contribution in [3.63, 3.8) is 0 Å².